The van der Waals surface area contributed by atoms with E-state index in [0.29, 0.717) is 34.0 Å². The summed E-state index contributed by atoms with van der Waals surface area (Å²) in [7, 11) is 0. The lowest BCUT2D eigenvalue weighted by Gasteiger charge is -2.11. The third-order valence-electron chi connectivity index (χ3n) is 4.02. The number of carbonyl (C=O) groups excluding carboxylic acids is 1. The molecule has 5 N–H and O–H groups in total. The summed E-state index contributed by atoms with van der Waals surface area (Å²) in [6.07, 6.45) is -1.16. The molecule has 0 aliphatic rings. The van der Waals surface area contributed by atoms with Gasteiger partial charge in [-0.05, 0) is 73.2 Å². The molecule has 0 saturated heterocycles. The van der Waals surface area contributed by atoms with Gasteiger partial charge in [0, 0.05) is 16.9 Å². The number of aryl methyl sites for hydroxylation is 1. The van der Waals surface area contributed by atoms with Crippen LogP contribution in [0, 0.1) is 12.7 Å². The first-order valence-corrected chi connectivity index (χ1v) is 8.57. The number of hydrogen-bond donors (Lipinski definition) is 4. The Balaban J connectivity index is 1.70. The topological polar surface area (TPSA) is 114 Å². The van der Waals surface area contributed by atoms with E-state index in [4.69, 9.17) is 15.6 Å². The van der Waals surface area contributed by atoms with Crippen LogP contribution in [0.5, 0.6) is 11.5 Å². The molecule has 8 heteroatoms. The molecule has 0 atom stereocenters. The molecule has 0 aliphatic carbocycles. The van der Waals surface area contributed by atoms with Gasteiger partial charge in [-0.15, -0.1) is 0 Å². The van der Waals surface area contributed by atoms with Crippen molar-refractivity contribution in [3.05, 3.63) is 77.6 Å². The Hall–Kier alpha value is -4.07. The molecule has 0 aromatic heterocycles. The van der Waals surface area contributed by atoms with E-state index in [1.54, 1.807) is 43.3 Å². The van der Waals surface area contributed by atoms with Crippen LogP contribution in [0.4, 0.5) is 26.2 Å². The highest BCUT2D eigenvalue weighted by molar-refractivity contribution is 6.05. The molecule has 0 heterocycles. The number of nitrogen functional groups attached to an aromatic ring is 1. The zero-order valence-electron chi connectivity index (χ0n) is 15.4. The van der Waals surface area contributed by atoms with E-state index in [2.05, 4.69) is 10.6 Å². The van der Waals surface area contributed by atoms with Gasteiger partial charge in [0.05, 0.1) is 5.69 Å². The van der Waals surface area contributed by atoms with Crippen molar-refractivity contribution in [1.82, 2.24) is 0 Å². The number of ether oxygens (including phenoxy) is 1. The van der Waals surface area contributed by atoms with E-state index in [0.717, 1.165) is 0 Å². The fourth-order valence-corrected chi connectivity index (χ4v) is 2.57. The average molecular weight is 395 g/mol. The number of amides is 2. The first kappa shape index (κ1) is 19.7. The van der Waals surface area contributed by atoms with Crippen LogP contribution in [-0.4, -0.2) is 17.1 Å². The summed E-state index contributed by atoms with van der Waals surface area (Å²) in [5.74, 6) is 0.0589. The van der Waals surface area contributed by atoms with Crippen LogP contribution in [-0.2, 0) is 0 Å². The van der Waals surface area contributed by atoms with Crippen molar-refractivity contribution >= 4 is 29.1 Å². The minimum atomic E-state index is -1.16. The number of hydrogen-bond acceptors (Lipinski definition) is 4. The molecule has 3 aromatic carbocycles. The molecule has 0 saturated carbocycles. The third-order valence-corrected chi connectivity index (χ3v) is 4.02. The number of nitrogens with two attached hydrogens (primary N) is 1. The van der Waals surface area contributed by atoms with Crippen molar-refractivity contribution in [2.24, 2.45) is 0 Å². The summed E-state index contributed by atoms with van der Waals surface area (Å²) in [6.45, 7) is 1.61. The number of nitrogens with one attached hydrogen (secondary N) is 2. The number of halogens is 1. The van der Waals surface area contributed by atoms with Gasteiger partial charge in [-0.25, -0.2) is 9.18 Å². The summed E-state index contributed by atoms with van der Waals surface area (Å²) in [5.41, 5.74) is 7.87. The molecule has 0 fully saturated rings. The molecule has 7 nitrogen and oxygen atoms in total. The second kappa shape index (κ2) is 8.30. The van der Waals surface area contributed by atoms with Crippen molar-refractivity contribution in [2.45, 2.75) is 6.92 Å². The maximum Gasteiger partial charge on any atom is 0.409 e. The van der Waals surface area contributed by atoms with Gasteiger partial charge >= 0.3 is 6.09 Å². The maximum atomic E-state index is 13.3. The largest absolute Gasteiger partial charge is 0.465 e. The highest BCUT2D eigenvalue weighted by Crippen LogP contribution is 2.29. The molecule has 0 spiro atoms. The summed E-state index contributed by atoms with van der Waals surface area (Å²) < 4.78 is 19.0. The molecule has 3 rings (SSSR count). The first-order valence-electron chi connectivity index (χ1n) is 8.57. The monoisotopic (exact) mass is 395 g/mol. The standard InChI is InChI=1S/C21H18FN3O4/c1-12-10-15(5-8-17(12)22)24-20(26)13-2-9-19(18(23)11-13)29-16-6-3-14(4-7-16)25-21(27)28/h2-11,25H,23H2,1H3,(H,24,26)(H,27,28). The maximum absolute atomic E-state index is 13.3. The van der Waals surface area contributed by atoms with Crippen LogP contribution in [0.2, 0.25) is 0 Å². The number of anilines is 3. The summed E-state index contributed by atoms with van der Waals surface area (Å²) in [4.78, 5) is 23.0. The second-order valence-electron chi connectivity index (χ2n) is 6.23. The second-order valence-corrected chi connectivity index (χ2v) is 6.23. The molecule has 0 aliphatic heterocycles. The molecule has 148 valence electrons. The van der Waals surface area contributed by atoms with Crippen LogP contribution >= 0.6 is 0 Å². The lowest BCUT2D eigenvalue weighted by molar-refractivity contribution is 0.102. The van der Waals surface area contributed by atoms with E-state index in [9.17, 15) is 14.0 Å². The summed E-state index contributed by atoms with van der Waals surface area (Å²) >= 11 is 0. The minimum absolute atomic E-state index is 0.251. The van der Waals surface area contributed by atoms with E-state index < -0.39 is 12.0 Å². The summed E-state index contributed by atoms with van der Waals surface area (Å²) in [5, 5.41) is 13.6. The molecule has 0 radical (unpaired) electrons. The zero-order chi connectivity index (χ0) is 21.0. The molecular formula is C21H18FN3O4. The smallest absolute Gasteiger partial charge is 0.409 e. The number of rotatable bonds is 5. The van der Waals surface area contributed by atoms with Crippen molar-refractivity contribution in [1.29, 1.82) is 0 Å². The predicted octanol–water partition coefficient (Wildman–Crippen LogP) is 4.85. The van der Waals surface area contributed by atoms with Crippen molar-refractivity contribution in [2.75, 3.05) is 16.4 Å². The molecule has 2 amide bonds. The van der Waals surface area contributed by atoms with Gasteiger partial charge in [-0.2, -0.15) is 0 Å². The Morgan fingerprint density at radius 2 is 1.66 bits per heavy atom. The lowest BCUT2D eigenvalue weighted by Crippen LogP contribution is -2.12. The molecule has 0 bridgehead atoms. The highest BCUT2D eigenvalue weighted by Gasteiger charge is 2.11. The first-order chi connectivity index (χ1) is 13.8. The van der Waals surface area contributed by atoms with Crippen molar-refractivity contribution < 1.29 is 23.8 Å². The van der Waals surface area contributed by atoms with Crippen LogP contribution in [0.3, 0.4) is 0 Å². The van der Waals surface area contributed by atoms with Gasteiger partial charge in [0.25, 0.3) is 5.91 Å². The SMILES string of the molecule is Cc1cc(NC(=O)c2ccc(Oc3ccc(NC(=O)O)cc3)c(N)c2)ccc1F. The van der Waals surface area contributed by atoms with Crippen LogP contribution < -0.4 is 21.1 Å². The molecule has 29 heavy (non-hydrogen) atoms. The van der Waals surface area contributed by atoms with Gasteiger partial charge in [0.2, 0.25) is 0 Å². The summed E-state index contributed by atoms with van der Waals surface area (Å²) in [6, 6.07) is 15.2. The number of carbonyl (C=O) groups is 2. The van der Waals surface area contributed by atoms with E-state index in [1.807, 2.05) is 0 Å². The lowest BCUT2D eigenvalue weighted by atomic mass is 10.1. The zero-order valence-corrected chi connectivity index (χ0v) is 15.4. The molecule has 3 aromatic rings. The van der Waals surface area contributed by atoms with Gasteiger partial charge in [-0.3, -0.25) is 10.1 Å². The van der Waals surface area contributed by atoms with Gasteiger partial charge < -0.3 is 20.9 Å². The Bertz CT molecular complexity index is 1070. The Morgan fingerprint density at radius 3 is 2.28 bits per heavy atom. The predicted molar refractivity (Wildman–Crippen MR) is 108 cm³/mol. The quantitative estimate of drug-likeness (QED) is 0.461. The minimum Gasteiger partial charge on any atom is -0.465 e. The van der Waals surface area contributed by atoms with Crippen LogP contribution in [0.15, 0.2) is 60.7 Å². The Kier molecular flexibility index (Phi) is 5.64. The van der Waals surface area contributed by atoms with Crippen molar-refractivity contribution in [3.63, 3.8) is 0 Å². The normalized spacial score (nSPS) is 10.3. The fourth-order valence-electron chi connectivity index (χ4n) is 2.57. The molecular weight excluding hydrogens is 377 g/mol. The van der Waals surface area contributed by atoms with Crippen molar-refractivity contribution in [3.8, 4) is 11.5 Å². The average Bonchev–Trinajstić information content (AvgIpc) is 2.67. The Morgan fingerprint density at radius 1 is 0.966 bits per heavy atom. The van der Waals surface area contributed by atoms with Crippen LogP contribution in [0.25, 0.3) is 0 Å². The highest BCUT2D eigenvalue weighted by atomic mass is 19.1. The third kappa shape index (κ3) is 5.01. The Labute approximate surface area is 165 Å². The van der Waals surface area contributed by atoms with Gasteiger partial charge in [0.1, 0.15) is 17.3 Å². The van der Waals surface area contributed by atoms with Crippen LogP contribution in [0.1, 0.15) is 15.9 Å². The van der Waals surface area contributed by atoms with E-state index in [1.165, 1.54) is 24.3 Å². The van der Waals surface area contributed by atoms with E-state index >= 15 is 0 Å². The van der Waals surface area contributed by atoms with Gasteiger partial charge in [-0.1, -0.05) is 0 Å². The fraction of sp³-hybridized carbons (Fsp3) is 0.0476. The van der Waals surface area contributed by atoms with Gasteiger partial charge in [0.15, 0.2) is 0 Å². The van der Waals surface area contributed by atoms with E-state index in [-0.39, 0.29) is 11.5 Å². The molecule has 0 unspecified atom stereocenters. The number of carboxylic acid groups (broad SMARTS) is 1. The number of benzene rings is 3.